The predicted octanol–water partition coefficient (Wildman–Crippen LogP) is 4.09. The molecule has 1 aliphatic rings. The monoisotopic (exact) mass is 505 g/mol. The van der Waals surface area contributed by atoms with Crippen LogP contribution in [0.4, 0.5) is 15.9 Å². The van der Waals surface area contributed by atoms with Gasteiger partial charge in [-0.1, -0.05) is 6.07 Å². The fraction of sp³-hybridized carbons (Fsp3) is 0.357. The number of pyridine rings is 1. The molecule has 1 aliphatic heterocycles. The number of benzene rings is 1. The molecular weight excluding hydrogens is 473 g/mol. The average molecular weight is 506 g/mol. The van der Waals surface area contributed by atoms with Gasteiger partial charge in [-0.15, -0.1) is 0 Å². The zero-order valence-corrected chi connectivity index (χ0v) is 21.8. The van der Waals surface area contributed by atoms with Gasteiger partial charge in [0.15, 0.2) is 0 Å². The van der Waals surface area contributed by atoms with Gasteiger partial charge in [0.05, 0.1) is 11.3 Å². The average Bonchev–Trinajstić information content (AvgIpc) is 3.09. The highest BCUT2D eigenvalue weighted by molar-refractivity contribution is 6.43. The van der Waals surface area contributed by atoms with Crippen LogP contribution in [0.5, 0.6) is 0 Å². The number of ketones is 1. The number of nitrogens with zero attached hydrogens (tertiary/aromatic N) is 3. The summed E-state index contributed by atoms with van der Waals surface area (Å²) in [6, 6.07) is 10.1. The Morgan fingerprint density at radius 3 is 2.38 bits per heavy atom. The third kappa shape index (κ3) is 5.26. The van der Waals surface area contributed by atoms with E-state index in [4.69, 9.17) is 0 Å². The maximum absolute atomic E-state index is 13.6. The molecule has 37 heavy (non-hydrogen) atoms. The van der Waals surface area contributed by atoms with Crippen LogP contribution in [0.15, 0.2) is 42.6 Å². The highest BCUT2D eigenvalue weighted by atomic mass is 19.1. The number of piperidine rings is 1. The number of aryl methyl sites for hydroxylation is 1. The summed E-state index contributed by atoms with van der Waals surface area (Å²) in [7, 11) is 1.66. The smallest absolute Gasteiger partial charge is 0.294 e. The zero-order valence-electron chi connectivity index (χ0n) is 21.8. The van der Waals surface area contributed by atoms with Crippen LogP contribution in [0.2, 0.25) is 0 Å². The van der Waals surface area contributed by atoms with E-state index in [1.54, 1.807) is 44.6 Å². The van der Waals surface area contributed by atoms with E-state index in [0.717, 1.165) is 5.82 Å². The fourth-order valence-electron chi connectivity index (χ4n) is 4.88. The van der Waals surface area contributed by atoms with Crippen LogP contribution >= 0.6 is 0 Å². The van der Waals surface area contributed by atoms with Crippen molar-refractivity contribution in [3.05, 3.63) is 76.5 Å². The minimum Gasteiger partial charge on any atom is -0.356 e. The molecule has 0 aliphatic carbocycles. The van der Waals surface area contributed by atoms with E-state index in [0.29, 0.717) is 54.0 Å². The second-order valence-corrected chi connectivity index (χ2v) is 9.93. The number of anilines is 2. The first-order valence-electron chi connectivity index (χ1n) is 12.3. The van der Waals surface area contributed by atoms with Crippen molar-refractivity contribution in [1.29, 1.82) is 0 Å². The predicted molar refractivity (Wildman–Crippen MR) is 141 cm³/mol. The second-order valence-electron chi connectivity index (χ2n) is 9.93. The van der Waals surface area contributed by atoms with Crippen LogP contribution in [-0.4, -0.2) is 45.8 Å². The molecule has 4 rings (SSSR count). The van der Waals surface area contributed by atoms with Crippen molar-refractivity contribution in [2.24, 2.45) is 7.05 Å². The molecule has 1 aromatic carbocycles. The molecule has 1 saturated heterocycles. The third-order valence-electron chi connectivity index (χ3n) is 7.25. The van der Waals surface area contributed by atoms with Gasteiger partial charge >= 0.3 is 0 Å². The van der Waals surface area contributed by atoms with E-state index < -0.39 is 23.1 Å². The van der Waals surface area contributed by atoms with E-state index in [9.17, 15) is 18.8 Å². The van der Waals surface area contributed by atoms with Gasteiger partial charge in [-0.05, 0) is 82.0 Å². The molecular formula is C28H32FN5O3. The molecule has 2 amide bonds. The van der Waals surface area contributed by atoms with Gasteiger partial charge in [-0.3, -0.25) is 14.4 Å². The molecule has 1 fully saturated rings. The molecule has 0 unspecified atom stereocenters. The molecule has 0 saturated carbocycles. The van der Waals surface area contributed by atoms with Crippen LogP contribution < -0.4 is 15.5 Å². The number of carbonyl (C=O) groups excluding carboxylic acids is 3. The molecule has 0 bridgehead atoms. The summed E-state index contributed by atoms with van der Waals surface area (Å²) in [6.45, 7) is 8.35. The van der Waals surface area contributed by atoms with Gasteiger partial charge < -0.3 is 20.1 Å². The number of Topliss-reactive ketones (excluding diaryl/α,β-unsaturated/α-hetero) is 1. The molecule has 3 aromatic rings. The van der Waals surface area contributed by atoms with Crippen molar-refractivity contribution in [3.63, 3.8) is 0 Å². The first-order chi connectivity index (χ1) is 17.5. The van der Waals surface area contributed by atoms with Crippen molar-refractivity contribution in [1.82, 2.24) is 14.9 Å². The molecule has 194 valence electrons. The lowest BCUT2D eigenvalue weighted by Gasteiger charge is -2.40. The molecule has 9 heteroatoms. The van der Waals surface area contributed by atoms with E-state index in [1.807, 2.05) is 25.1 Å². The number of aromatic nitrogens is 2. The zero-order chi connectivity index (χ0) is 26.9. The standard InChI is InChI=1S/C28H32FN5O3/c1-17-16-20(9-10-21(17)29)31-26(36)23-18(2)24(33(5)19(23)3)25(35)27(37)32-28(4)11-14-34(15-12-28)22-8-6-7-13-30-22/h6-10,13,16H,11-12,14-15H2,1-5H3,(H,31,36)(H,32,37). The summed E-state index contributed by atoms with van der Waals surface area (Å²) >= 11 is 0. The summed E-state index contributed by atoms with van der Waals surface area (Å²) < 4.78 is 15.2. The normalized spacial score (nSPS) is 14.8. The van der Waals surface area contributed by atoms with Gasteiger partial charge in [-0.25, -0.2) is 9.37 Å². The van der Waals surface area contributed by atoms with Crippen LogP contribution in [-0.2, 0) is 11.8 Å². The Bertz CT molecular complexity index is 1360. The van der Waals surface area contributed by atoms with Crippen LogP contribution in [0.3, 0.4) is 0 Å². The van der Waals surface area contributed by atoms with Crippen molar-refractivity contribution in [2.75, 3.05) is 23.3 Å². The lowest BCUT2D eigenvalue weighted by atomic mass is 9.89. The third-order valence-corrected chi connectivity index (χ3v) is 7.25. The summed E-state index contributed by atoms with van der Waals surface area (Å²) in [5.74, 6) is -1.28. The van der Waals surface area contributed by atoms with Gasteiger partial charge in [0.25, 0.3) is 17.6 Å². The number of rotatable bonds is 6. The Hall–Kier alpha value is -4.01. The van der Waals surface area contributed by atoms with Crippen molar-refractivity contribution < 1.29 is 18.8 Å². The number of hydrogen-bond donors (Lipinski definition) is 2. The van der Waals surface area contributed by atoms with E-state index >= 15 is 0 Å². The van der Waals surface area contributed by atoms with E-state index in [-0.39, 0.29) is 11.5 Å². The first-order valence-corrected chi connectivity index (χ1v) is 12.3. The highest BCUT2D eigenvalue weighted by Crippen LogP contribution is 2.27. The lowest BCUT2D eigenvalue weighted by molar-refractivity contribution is -0.118. The Morgan fingerprint density at radius 1 is 1.05 bits per heavy atom. The van der Waals surface area contributed by atoms with Crippen molar-refractivity contribution in [3.8, 4) is 0 Å². The Balaban J connectivity index is 1.47. The van der Waals surface area contributed by atoms with E-state index in [2.05, 4.69) is 20.5 Å². The van der Waals surface area contributed by atoms with Crippen LogP contribution in [0, 0.1) is 26.6 Å². The fourth-order valence-corrected chi connectivity index (χ4v) is 4.88. The number of nitrogens with one attached hydrogen (secondary N) is 2. The quantitative estimate of drug-likeness (QED) is 0.389. The Morgan fingerprint density at radius 2 is 1.76 bits per heavy atom. The largest absolute Gasteiger partial charge is 0.356 e. The van der Waals surface area contributed by atoms with Gasteiger partial charge in [0.1, 0.15) is 11.6 Å². The second kappa shape index (κ2) is 10.2. The first kappa shape index (κ1) is 26.1. The summed E-state index contributed by atoms with van der Waals surface area (Å²) in [6.07, 6.45) is 3.08. The Labute approximate surface area is 215 Å². The number of amides is 2. The summed E-state index contributed by atoms with van der Waals surface area (Å²) in [4.78, 5) is 46.0. The molecule has 8 nitrogen and oxygen atoms in total. The van der Waals surface area contributed by atoms with Crippen LogP contribution in [0.1, 0.15) is 57.4 Å². The maximum Gasteiger partial charge on any atom is 0.294 e. The SMILES string of the molecule is Cc1cc(NC(=O)c2c(C)c(C(=O)C(=O)NC3(C)CCN(c4ccccn4)CC3)n(C)c2C)ccc1F. The van der Waals surface area contributed by atoms with Gasteiger partial charge in [0.2, 0.25) is 0 Å². The van der Waals surface area contributed by atoms with E-state index in [1.165, 1.54) is 12.1 Å². The molecule has 2 N–H and O–H groups in total. The minimum atomic E-state index is -0.696. The van der Waals surface area contributed by atoms with Crippen molar-refractivity contribution in [2.45, 2.75) is 46.1 Å². The van der Waals surface area contributed by atoms with Crippen molar-refractivity contribution >= 4 is 29.1 Å². The van der Waals surface area contributed by atoms with Crippen LogP contribution in [0.25, 0.3) is 0 Å². The molecule has 0 spiro atoms. The summed E-state index contributed by atoms with van der Waals surface area (Å²) in [5, 5.41) is 5.71. The summed E-state index contributed by atoms with van der Waals surface area (Å²) in [5.41, 5.74) is 1.78. The molecule has 3 heterocycles. The molecule has 0 radical (unpaired) electrons. The minimum absolute atomic E-state index is 0.171. The van der Waals surface area contributed by atoms with Gasteiger partial charge in [-0.2, -0.15) is 0 Å². The Kier molecular flexibility index (Phi) is 7.16. The number of halogens is 1. The molecule has 0 atom stereocenters. The highest BCUT2D eigenvalue weighted by Gasteiger charge is 2.35. The maximum atomic E-state index is 13.6. The lowest BCUT2D eigenvalue weighted by Crippen LogP contribution is -2.55. The number of hydrogen-bond acceptors (Lipinski definition) is 5. The van der Waals surface area contributed by atoms with Gasteiger partial charge in [0, 0.05) is 43.3 Å². The topological polar surface area (TPSA) is 96.3 Å². The molecule has 2 aromatic heterocycles. The number of carbonyl (C=O) groups is 3.